The van der Waals surface area contributed by atoms with E-state index in [-0.39, 0.29) is 0 Å². The zero-order chi connectivity index (χ0) is 11.2. The first-order valence-corrected chi connectivity index (χ1v) is 6.02. The molecular weight excluding hydrogens is 202 g/mol. The van der Waals surface area contributed by atoms with Gasteiger partial charge in [0.15, 0.2) is 0 Å². The van der Waals surface area contributed by atoms with Crippen LogP contribution in [0, 0.1) is 5.92 Å². The Bertz CT molecular complexity index is 324. The fourth-order valence-corrected chi connectivity index (χ4v) is 1.85. The van der Waals surface area contributed by atoms with Crippen LogP contribution < -0.4 is 5.32 Å². The van der Waals surface area contributed by atoms with E-state index in [4.69, 9.17) is 4.74 Å². The van der Waals surface area contributed by atoms with Crippen molar-refractivity contribution in [3.63, 3.8) is 0 Å². The maximum atomic E-state index is 5.35. The molecule has 2 rings (SSSR count). The molecule has 0 amide bonds. The molecule has 0 aliphatic carbocycles. The van der Waals surface area contributed by atoms with Crippen LogP contribution in [0.5, 0.6) is 0 Å². The van der Waals surface area contributed by atoms with Crippen LogP contribution in [0.3, 0.4) is 0 Å². The Labute approximate surface area is 96.4 Å². The van der Waals surface area contributed by atoms with Crippen molar-refractivity contribution in [3.05, 3.63) is 18.1 Å². The summed E-state index contributed by atoms with van der Waals surface area (Å²) in [5, 5.41) is 3.28. The van der Waals surface area contributed by atoms with Crippen LogP contribution in [0.2, 0.25) is 0 Å². The zero-order valence-electron chi connectivity index (χ0n) is 9.78. The van der Waals surface area contributed by atoms with Crippen LogP contribution in [0.15, 0.2) is 12.3 Å². The van der Waals surface area contributed by atoms with Crippen molar-refractivity contribution in [2.24, 2.45) is 5.92 Å². The van der Waals surface area contributed by atoms with Crippen molar-refractivity contribution >= 4 is 5.82 Å². The molecule has 0 aromatic carbocycles. The highest BCUT2D eigenvalue weighted by Gasteiger charge is 2.17. The molecule has 1 aliphatic rings. The standard InChI is InChI=1S/C12H19N3O/c1-2-5-13-11-3-6-14-12(15-11)8-10-4-7-16-9-10/h3,6,10H,2,4-5,7-9H2,1H3,(H,13,14,15). The first-order chi connectivity index (χ1) is 7.88. The van der Waals surface area contributed by atoms with E-state index in [0.29, 0.717) is 5.92 Å². The Kier molecular flexibility index (Phi) is 4.10. The maximum Gasteiger partial charge on any atom is 0.131 e. The molecule has 1 aromatic heterocycles. The van der Waals surface area contributed by atoms with Gasteiger partial charge in [0.25, 0.3) is 0 Å². The maximum absolute atomic E-state index is 5.35. The lowest BCUT2D eigenvalue weighted by molar-refractivity contribution is 0.185. The van der Waals surface area contributed by atoms with Gasteiger partial charge in [0.05, 0.1) is 0 Å². The van der Waals surface area contributed by atoms with E-state index in [1.54, 1.807) is 0 Å². The summed E-state index contributed by atoms with van der Waals surface area (Å²) in [6.07, 6.45) is 5.00. The van der Waals surface area contributed by atoms with Crippen LogP contribution >= 0.6 is 0 Å². The van der Waals surface area contributed by atoms with Gasteiger partial charge >= 0.3 is 0 Å². The van der Waals surface area contributed by atoms with Gasteiger partial charge in [0.2, 0.25) is 0 Å². The molecule has 0 saturated carbocycles. The summed E-state index contributed by atoms with van der Waals surface area (Å²) in [4.78, 5) is 8.80. The third kappa shape index (κ3) is 3.17. The average Bonchev–Trinajstić information content (AvgIpc) is 2.80. The van der Waals surface area contributed by atoms with Crippen molar-refractivity contribution in [1.29, 1.82) is 0 Å². The van der Waals surface area contributed by atoms with E-state index in [2.05, 4.69) is 22.2 Å². The minimum absolute atomic E-state index is 0.599. The van der Waals surface area contributed by atoms with E-state index in [1.807, 2.05) is 12.3 Å². The summed E-state index contributed by atoms with van der Waals surface area (Å²) in [6, 6.07) is 1.92. The number of rotatable bonds is 5. The molecule has 4 nitrogen and oxygen atoms in total. The highest BCUT2D eigenvalue weighted by molar-refractivity contribution is 5.32. The molecule has 88 valence electrons. The van der Waals surface area contributed by atoms with Crippen molar-refractivity contribution in [1.82, 2.24) is 9.97 Å². The number of anilines is 1. The van der Waals surface area contributed by atoms with Gasteiger partial charge in [0.1, 0.15) is 11.6 Å². The number of aromatic nitrogens is 2. The van der Waals surface area contributed by atoms with Crippen LogP contribution in [-0.4, -0.2) is 29.7 Å². The van der Waals surface area contributed by atoms with Gasteiger partial charge in [-0.05, 0) is 24.8 Å². The van der Waals surface area contributed by atoms with E-state index >= 15 is 0 Å². The molecule has 0 bridgehead atoms. The van der Waals surface area contributed by atoms with E-state index < -0.39 is 0 Å². The van der Waals surface area contributed by atoms with Gasteiger partial charge in [-0.2, -0.15) is 0 Å². The van der Waals surface area contributed by atoms with Gasteiger partial charge in [-0.15, -0.1) is 0 Å². The first-order valence-electron chi connectivity index (χ1n) is 6.02. The summed E-state index contributed by atoms with van der Waals surface area (Å²) in [7, 11) is 0. The lowest BCUT2D eigenvalue weighted by atomic mass is 10.1. The van der Waals surface area contributed by atoms with Crippen molar-refractivity contribution < 1.29 is 4.74 Å². The van der Waals surface area contributed by atoms with Crippen LogP contribution in [-0.2, 0) is 11.2 Å². The highest BCUT2D eigenvalue weighted by atomic mass is 16.5. The molecule has 0 spiro atoms. The third-order valence-electron chi connectivity index (χ3n) is 2.76. The number of nitrogens with one attached hydrogen (secondary N) is 1. The third-order valence-corrected chi connectivity index (χ3v) is 2.76. The second-order valence-corrected chi connectivity index (χ2v) is 4.22. The molecule has 0 radical (unpaired) electrons. The summed E-state index contributed by atoms with van der Waals surface area (Å²) in [5.74, 6) is 2.46. The Hall–Kier alpha value is -1.16. The molecule has 1 aliphatic heterocycles. The molecule has 1 aromatic rings. The second kappa shape index (κ2) is 5.80. The fraction of sp³-hybridized carbons (Fsp3) is 0.667. The Morgan fingerprint density at radius 2 is 2.50 bits per heavy atom. The fourth-order valence-electron chi connectivity index (χ4n) is 1.85. The average molecular weight is 221 g/mol. The smallest absolute Gasteiger partial charge is 0.131 e. The molecule has 1 unspecified atom stereocenters. The van der Waals surface area contributed by atoms with E-state index in [0.717, 1.165) is 50.7 Å². The zero-order valence-corrected chi connectivity index (χ0v) is 9.78. The van der Waals surface area contributed by atoms with E-state index in [1.165, 1.54) is 0 Å². The predicted octanol–water partition coefficient (Wildman–Crippen LogP) is 1.88. The lowest BCUT2D eigenvalue weighted by Gasteiger charge is -2.08. The molecule has 1 saturated heterocycles. The normalized spacial score (nSPS) is 19.9. The lowest BCUT2D eigenvalue weighted by Crippen LogP contribution is -2.09. The minimum Gasteiger partial charge on any atom is -0.381 e. The largest absolute Gasteiger partial charge is 0.381 e. The highest BCUT2D eigenvalue weighted by Crippen LogP contribution is 2.16. The topological polar surface area (TPSA) is 47.0 Å². The molecular formula is C12H19N3O. The van der Waals surface area contributed by atoms with Crippen LogP contribution in [0.4, 0.5) is 5.82 Å². The molecule has 4 heteroatoms. The predicted molar refractivity (Wildman–Crippen MR) is 63.4 cm³/mol. The van der Waals surface area contributed by atoms with Gasteiger partial charge in [-0.25, -0.2) is 9.97 Å². The Morgan fingerprint density at radius 3 is 3.25 bits per heavy atom. The molecule has 1 N–H and O–H groups in total. The summed E-state index contributed by atoms with van der Waals surface area (Å²) in [6.45, 7) is 4.85. The van der Waals surface area contributed by atoms with Crippen LogP contribution in [0.1, 0.15) is 25.6 Å². The van der Waals surface area contributed by atoms with Crippen molar-refractivity contribution in [3.8, 4) is 0 Å². The molecule has 1 atom stereocenters. The second-order valence-electron chi connectivity index (χ2n) is 4.22. The first kappa shape index (κ1) is 11.3. The Balaban J connectivity index is 1.92. The molecule has 16 heavy (non-hydrogen) atoms. The molecule has 2 heterocycles. The van der Waals surface area contributed by atoms with Gasteiger partial charge in [-0.1, -0.05) is 6.92 Å². The summed E-state index contributed by atoms with van der Waals surface area (Å²) in [5.41, 5.74) is 0. The number of hydrogen-bond acceptors (Lipinski definition) is 4. The quantitative estimate of drug-likeness (QED) is 0.824. The van der Waals surface area contributed by atoms with Gasteiger partial charge in [-0.3, -0.25) is 0 Å². The monoisotopic (exact) mass is 221 g/mol. The van der Waals surface area contributed by atoms with Gasteiger partial charge in [0, 0.05) is 32.4 Å². The van der Waals surface area contributed by atoms with Gasteiger partial charge < -0.3 is 10.1 Å². The number of nitrogens with zero attached hydrogens (tertiary/aromatic N) is 2. The SMILES string of the molecule is CCCNc1ccnc(CC2CCOC2)n1. The molecule has 1 fully saturated rings. The summed E-state index contributed by atoms with van der Waals surface area (Å²) >= 11 is 0. The van der Waals surface area contributed by atoms with E-state index in [9.17, 15) is 0 Å². The Morgan fingerprint density at radius 1 is 1.56 bits per heavy atom. The minimum atomic E-state index is 0.599. The van der Waals surface area contributed by atoms with Crippen LogP contribution in [0.25, 0.3) is 0 Å². The number of hydrogen-bond donors (Lipinski definition) is 1. The summed E-state index contributed by atoms with van der Waals surface area (Å²) < 4.78 is 5.35. The van der Waals surface area contributed by atoms with Crippen molar-refractivity contribution in [2.45, 2.75) is 26.2 Å². The van der Waals surface area contributed by atoms with Crippen molar-refractivity contribution in [2.75, 3.05) is 25.1 Å². The number of ether oxygens (including phenoxy) is 1.